The van der Waals surface area contributed by atoms with Gasteiger partial charge in [0.2, 0.25) is 0 Å². The fourth-order valence-corrected chi connectivity index (χ4v) is 7.08. The lowest BCUT2D eigenvalue weighted by Crippen LogP contribution is -2.40. The summed E-state index contributed by atoms with van der Waals surface area (Å²) in [7, 11) is 3.16. The van der Waals surface area contributed by atoms with E-state index in [9.17, 15) is 9.59 Å². The van der Waals surface area contributed by atoms with Crippen molar-refractivity contribution >= 4 is 50.1 Å². The van der Waals surface area contributed by atoms with E-state index >= 15 is 0 Å². The highest BCUT2D eigenvalue weighted by Crippen LogP contribution is 2.40. The van der Waals surface area contributed by atoms with Crippen molar-refractivity contribution in [2.75, 3.05) is 20.8 Å². The molecular weight excluding hydrogens is 668 g/mol. The van der Waals surface area contributed by atoms with Crippen LogP contribution in [0.2, 0.25) is 0 Å². The van der Waals surface area contributed by atoms with Gasteiger partial charge in [0.05, 0.1) is 36.6 Å². The van der Waals surface area contributed by atoms with Gasteiger partial charge < -0.3 is 18.9 Å². The minimum atomic E-state index is -0.828. The summed E-state index contributed by atoms with van der Waals surface area (Å²) in [6, 6.07) is 24.3. The van der Waals surface area contributed by atoms with Crippen LogP contribution in [0.25, 0.3) is 16.8 Å². The summed E-state index contributed by atoms with van der Waals surface area (Å²) in [5.41, 5.74) is 2.91. The first-order valence-corrected chi connectivity index (χ1v) is 16.2. The monoisotopic (exact) mass is 698 g/mol. The van der Waals surface area contributed by atoms with Crippen molar-refractivity contribution in [3.63, 3.8) is 0 Å². The van der Waals surface area contributed by atoms with Gasteiger partial charge in [0, 0.05) is 10.0 Å². The Morgan fingerprint density at radius 3 is 2.46 bits per heavy atom. The predicted molar refractivity (Wildman–Crippen MR) is 182 cm³/mol. The van der Waals surface area contributed by atoms with Gasteiger partial charge in [-0.15, -0.1) is 0 Å². The van der Waals surface area contributed by atoms with E-state index in [-0.39, 0.29) is 12.2 Å². The molecule has 1 atom stereocenters. The highest BCUT2D eigenvalue weighted by molar-refractivity contribution is 9.10. The Morgan fingerprint density at radius 1 is 0.978 bits per heavy atom. The SMILES string of the molecule is CCOC(=O)C1=C(C)N=c2s/c(=C/c3cc(OC)c(OCc4ccccc4)cc3Br)c(=O)n2[C@H]1c1c(OC)ccc2ccccc12. The van der Waals surface area contributed by atoms with Crippen molar-refractivity contribution < 1.29 is 23.7 Å². The number of benzene rings is 4. The molecule has 0 amide bonds. The van der Waals surface area contributed by atoms with Crippen LogP contribution in [0.4, 0.5) is 0 Å². The van der Waals surface area contributed by atoms with Gasteiger partial charge in [-0.25, -0.2) is 9.79 Å². The molecule has 0 bridgehead atoms. The Kier molecular flexibility index (Phi) is 9.10. The second-order valence-corrected chi connectivity index (χ2v) is 12.4. The minimum Gasteiger partial charge on any atom is -0.496 e. The van der Waals surface area contributed by atoms with Crippen molar-refractivity contribution in [1.29, 1.82) is 0 Å². The first-order valence-electron chi connectivity index (χ1n) is 14.6. The van der Waals surface area contributed by atoms with Gasteiger partial charge in [-0.05, 0) is 60.0 Å². The molecule has 1 aromatic heterocycles. The van der Waals surface area contributed by atoms with E-state index < -0.39 is 12.0 Å². The van der Waals surface area contributed by atoms with Crippen LogP contribution < -0.4 is 29.1 Å². The molecule has 0 unspecified atom stereocenters. The van der Waals surface area contributed by atoms with Crippen molar-refractivity contribution in [3.05, 3.63) is 131 Å². The van der Waals surface area contributed by atoms with Gasteiger partial charge in [-0.2, -0.15) is 0 Å². The zero-order valence-corrected chi connectivity index (χ0v) is 28.1. The van der Waals surface area contributed by atoms with E-state index in [2.05, 4.69) is 15.9 Å². The smallest absolute Gasteiger partial charge is 0.338 e. The van der Waals surface area contributed by atoms with Crippen LogP contribution in [0.5, 0.6) is 17.2 Å². The number of fused-ring (bicyclic) bond motifs is 2. The van der Waals surface area contributed by atoms with E-state index in [0.29, 0.717) is 50.0 Å². The molecule has 5 aromatic rings. The third kappa shape index (κ3) is 5.86. The molecule has 2 heterocycles. The molecule has 0 aliphatic carbocycles. The van der Waals surface area contributed by atoms with Crippen LogP contribution in [0.15, 0.2) is 104 Å². The normalized spacial score (nSPS) is 14.5. The molecule has 0 radical (unpaired) electrons. The molecule has 234 valence electrons. The highest BCUT2D eigenvalue weighted by atomic mass is 79.9. The third-order valence-electron chi connectivity index (χ3n) is 7.75. The van der Waals surface area contributed by atoms with Gasteiger partial charge >= 0.3 is 5.97 Å². The molecule has 10 heteroatoms. The summed E-state index contributed by atoms with van der Waals surface area (Å²) in [5, 5.41) is 1.81. The molecule has 1 aliphatic rings. The minimum absolute atomic E-state index is 0.181. The van der Waals surface area contributed by atoms with E-state index in [1.165, 1.54) is 11.3 Å². The van der Waals surface area contributed by atoms with Gasteiger partial charge in [-0.3, -0.25) is 9.36 Å². The third-order valence-corrected chi connectivity index (χ3v) is 9.42. The molecule has 0 saturated heterocycles. The number of carbonyl (C=O) groups excluding carboxylic acids is 1. The lowest BCUT2D eigenvalue weighted by Gasteiger charge is -2.27. The van der Waals surface area contributed by atoms with Gasteiger partial charge in [0.15, 0.2) is 16.3 Å². The summed E-state index contributed by atoms with van der Waals surface area (Å²) < 4.78 is 25.8. The lowest BCUT2D eigenvalue weighted by molar-refractivity contribution is -0.139. The Bertz CT molecular complexity index is 2170. The van der Waals surface area contributed by atoms with E-state index in [1.54, 1.807) is 38.7 Å². The van der Waals surface area contributed by atoms with Crippen molar-refractivity contribution in [2.24, 2.45) is 4.99 Å². The maximum Gasteiger partial charge on any atom is 0.338 e. The second kappa shape index (κ2) is 13.4. The van der Waals surface area contributed by atoms with Crippen LogP contribution in [0.1, 0.15) is 36.6 Å². The fourth-order valence-electron chi connectivity index (χ4n) is 5.61. The number of methoxy groups -OCH3 is 2. The van der Waals surface area contributed by atoms with Gasteiger partial charge in [-0.1, -0.05) is 87.9 Å². The topological polar surface area (TPSA) is 88.4 Å². The van der Waals surface area contributed by atoms with Gasteiger partial charge in [0.1, 0.15) is 18.4 Å². The Hall–Kier alpha value is -4.67. The van der Waals surface area contributed by atoms with Crippen LogP contribution in [0.3, 0.4) is 0 Å². The number of halogens is 1. The van der Waals surface area contributed by atoms with Crippen molar-refractivity contribution in [2.45, 2.75) is 26.5 Å². The Balaban J connectivity index is 1.51. The number of carbonyl (C=O) groups is 1. The van der Waals surface area contributed by atoms with Gasteiger partial charge in [0.25, 0.3) is 5.56 Å². The zero-order chi connectivity index (χ0) is 32.4. The molecule has 0 fully saturated rings. The number of esters is 1. The van der Waals surface area contributed by atoms with Crippen LogP contribution in [-0.4, -0.2) is 31.4 Å². The molecule has 6 rings (SSSR count). The summed E-state index contributed by atoms with van der Waals surface area (Å²) >= 11 is 4.91. The Morgan fingerprint density at radius 2 is 1.72 bits per heavy atom. The maximum absolute atomic E-state index is 14.4. The number of nitrogens with zero attached hydrogens (tertiary/aromatic N) is 2. The van der Waals surface area contributed by atoms with Crippen LogP contribution in [-0.2, 0) is 16.1 Å². The number of aromatic nitrogens is 1. The first kappa shape index (κ1) is 31.3. The summed E-state index contributed by atoms with van der Waals surface area (Å²) in [4.78, 5) is 33.1. The number of thiazole rings is 1. The largest absolute Gasteiger partial charge is 0.496 e. The predicted octanol–water partition coefficient (Wildman–Crippen LogP) is 6.31. The molecule has 8 nitrogen and oxygen atoms in total. The lowest BCUT2D eigenvalue weighted by atomic mass is 9.90. The molecule has 46 heavy (non-hydrogen) atoms. The van der Waals surface area contributed by atoms with E-state index in [4.69, 9.17) is 23.9 Å². The first-order chi connectivity index (χ1) is 22.3. The maximum atomic E-state index is 14.4. The molecule has 0 N–H and O–H groups in total. The number of hydrogen-bond donors (Lipinski definition) is 0. The quantitative estimate of drug-likeness (QED) is 0.168. The zero-order valence-electron chi connectivity index (χ0n) is 25.7. The number of rotatable bonds is 9. The van der Waals surface area contributed by atoms with Crippen LogP contribution in [0, 0.1) is 0 Å². The standard InChI is InChI=1S/C36H31BrN2O6S/c1-5-44-35(41)31-21(2)38-36-39(33(31)32-25-14-10-9-13-23(25)15-16-27(32)42-3)34(40)30(46-36)18-24-17-28(43-4)29(19-26(24)37)45-20-22-11-7-6-8-12-22/h6-19,33H,5,20H2,1-4H3/b30-18+/t33-/m1/s1. The molecule has 0 saturated carbocycles. The second-order valence-electron chi connectivity index (χ2n) is 10.5. The number of ether oxygens (including phenoxy) is 4. The highest BCUT2D eigenvalue weighted by Gasteiger charge is 2.36. The summed E-state index contributed by atoms with van der Waals surface area (Å²) in [6.07, 6.45) is 1.79. The summed E-state index contributed by atoms with van der Waals surface area (Å²) in [6.45, 7) is 4.08. The van der Waals surface area contributed by atoms with Crippen LogP contribution >= 0.6 is 27.3 Å². The Labute approximate surface area is 278 Å². The van der Waals surface area contributed by atoms with E-state index in [0.717, 1.165) is 26.4 Å². The molecule has 1 aliphatic heterocycles. The van der Waals surface area contributed by atoms with Crippen molar-refractivity contribution in [1.82, 2.24) is 4.57 Å². The molecule has 4 aromatic carbocycles. The average Bonchev–Trinajstić information content (AvgIpc) is 3.37. The summed E-state index contributed by atoms with van der Waals surface area (Å²) in [5.74, 6) is 1.11. The fraction of sp³-hybridized carbons (Fsp3) is 0.194. The molecular formula is C36H31BrN2O6S. The molecule has 0 spiro atoms. The number of allylic oxidation sites excluding steroid dienone is 1. The number of hydrogen-bond acceptors (Lipinski definition) is 8. The average molecular weight is 700 g/mol. The van der Waals surface area contributed by atoms with E-state index in [1.807, 2.05) is 78.9 Å². The van der Waals surface area contributed by atoms with Crippen molar-refractivity contribution in [3.8, 4) is 17.2 Å².